The van der Waals surface area contributed by atoms with Crippen LogP contribution in [0.3, 0.4) is 0 Å². The highest BCUT2D eigenvalue weighted by Gasteiger charge is 2.69. The molecule has 1 aromatic heterocycles. The molecule has 39 heavy (non-hydrogen) atoms. The smallest absolute Gasteiger partial charge is 0.105 e. The topological polar surface area (TPSA) is 112 Å². The van der Waals surface area contributed by atoms with Crippen molar-refractivity contribution in [3.8, 4) is 0 Å². The van der Waals surface area contributed by atoms with Crippen LogP contribution in [0.2, 0.25) is 0 Å². The molecule has 3 aliphatic heterocycles. The number of rotatable bonds is 2. The average Bonchev–Trinajstić information content (AvgIpc) is 3.58. The number of hydrogen-bond acceptors (Lipinski definition) is 7. The van der Waals surface area contributed by atoms with Crippen molar-refractivity contribution in [2.24, 2.45) is 17.1 Å². The van der Waals surface area contributed by atoms with Gasteiger partial charge < -0.3 is 25.8 Å². The van der Waals surface area contributed by atoms with E-state index in [2.05, 4.69) is 47.2 Å². The molecule has 6 aliphatic rings. The first-order valence-corrected chi connectivity index (χ1v) is 14.7. The lowest BCUT2D eigenvalue weighted by Crippen LogP contribution is -2.62. The van der Waals surface area contributed by atoms with E-state index < -0.39 is 29.5 Å². The van der Waals surface area contributed by atoms with Crippen molar-refractivity contribution in [1.82, 2.24) is 9.88 Å². The van der Waals surface area contributed by atoms with Crippen LogP contribution in [0.1, 0.15) is 56.9 Å². The van der Waals surface area contributed by atoms with Crippen LogP contribution >= 0.6 is 0 Å². The number of aliphatic hydroxyl groups excluding tert-OH is 3. The van der Waals surface area contributed by atoms with Gasteiger partial charge in [0, 0.05) is 54.8 Å². The molecule has 8 rings (SSSR count). The molecule has 7 nitrogen and oxygen atoms in total. The highest BCUT2D eigenvalue weighted by molar-refractivity contribution is 5.82. The number of hydrogen-bond donors (Lipinski definition) is 4. The lowest BCUT2D eigenvalue weighted by molar-refractivity contribution is -0.167. The van der Waals surface area contributed by atoms with Gasteiger partial charge in [-0.05, 0) is 78.2 Å². The zero-order chi connectivity index (χ0) is 26.7. The van der Waals surface area contributed by atoms with E-state index in [1.165, 1.54) is 5.56 Å². The van der Waals surface area contributed by atoms with E-state index in [0.717, 1.165) is 60.7 Å². The average molecular weight is 530 g/mol. The van der Waals surface area contributed by atoms with E-state index in [1.54, 1.807) is 0 Å². The molecule has 2 saturated heterocycles. The summed E-state index contributed by atoms with van der Waals surface area (Å²) in [5, 5.41) is 36.5. The molecule has 3 aliphatic carbocycles. The van der Waals surface area contributed by atoms with Crippen LogP contribution in [-0.2, 0) is 4.74 Å². The maximum Gasteiger partial charge on any atom is 0.105 e. The van der Waals surface area contributed by atoms with Crippen LogP contribution in [0.15, 0.2) is 60.0 Å². The zero-order valence-corrected chi connectivity index (χ0v) is 22.5. The number of likely N-dealkylation sites (tertiary alicyclic amines) is 1. The number of benzene rings is 1. The SMILES string of the molecule is C[C@]12CC=C3C=C4[C@@H](O)[C@H](O)[C@@H](N5CC[C@@H](N)C5)C[C@]45CCC3(O5)[C@@H]1C[C@@H](O)C2c1ccc2ccncc2c1. The van der Waals surface area contributed by atoms with Crippen LogP contribution in [0, 0.1) is 11.3 Å². The first-order valence-electron chi connectivity index (χ1n) is 14.7. The van der Waals surface area contributed by atoms with E-state index in [0.29, 0.717) is 12.8 Å². The van der Waals surface area contributed by atoms with Gasteiger partial charge in [0.2, 0.25) is 0 Å². The maximum absolute atomic E-state index is 11.6. The van der Waals surface area contributed by atoms with Crippen molar-refractivity contribution in [2.75, 3.05) is 13.1 Å². The molecule has 1 aromatic carbocycles. The molecule has 5 N–H and O–H groups in total. The third-order valence-corrected chi connectivity index (χ3v) is 11.6. The molecule has 2 saturated carbocycles. The second kappa shape index (κ2) is 8.21. The molecular formula is C32H39N3O4. The van der Waals surface area contributed by atoms with Crippen LogP contribution in [0.4, 0.5) is 0 Å². The quantitative estimate of drug-likeness (QED) is 0.473. The largest absolute Gasteiger partial charge is 0.392 e. The predicted octanol–water partition coefficient (Wildman–Crippen LogP) is 2.79. The highest BCUT2D eigenvalue weighted by atomic mass is 16.5. The summed E-state index contributed by atoms with van der Waals surface area (Å²) in [7, 11) is 0. The summed E-state index contributed by atoms with van der Waals surface area (Å²) in [6.45, 7) is 3.93. The maximum atomic E-state index is 11.6. The Bertz CT molecular complexity index is 1410. The monoisotopic (exact) mass is 529 g/mol. The number of aliphatic hydroxyl groups is 3. The van der Waals surface area contributed by atoms with Crippen molar-refractivity contribution in [3.63, 3.8) is 0 Å². The van der Waals surface area contributed by atoms with E-state index in [4.69, 9.17) is 10.5 Å². The van der Waals surface area contributed by atoms with E-state index in [1.807, 2.05) is 18.5 Å². The van der Waals surface area contributed by atoms with Crippen molar-refractivity contribution in [3.05, 3.63) is 65.5 Å². The normalized spacial score (nSPS) is 46.9. The van der Waals surface area contributed by atoms with Crippen molar-refractivity contribution in [1.29, 1.82) is 0 Å². The minimum absolute atomic E-state index is 0.00223. The Morgan fingerprint density at radius 2 is 2.00 bits per heavy atom. The third-order valence-electron chi connectivity index (χ3n) is 11.6. The molecule has 2 aromatic rings. The lowest BCUT2D eigenvalue weighted by Gasteiger charge is -2.56. The van der Waals surface area contributed by atoms with Gasteiger partial charge in [-0.1, -0.05) is 31.2 Å². The lowest BCUT2D eigenvalue weighted by atomic mass is 9.58. The minimum Gasteiger partial charge on any atom is -0.392 e. The van der Waals surface area contributed by atoms with Gasteiger partial charge in [0.25, 0.3) is 0 Å². The Morgan fingerprint density at radius 1 is 1.13 bits per heavy atom. The summed E-state index contributed by atoms with van der Waals surface area (Å²) in [5.41, 5.74) is 8.15. The molecule has 4 heterocycles. The molecule has 2 unspecified atom stereocenters. The van der Waals surface area contributed by atoms with E-state index >= 15 is 0 Å². The highest BCUT2D eigenvalue weighted by Crippen LogP contribution is 2.69. The van der Waals surface area contributed by atoms with Crippen LogP contribution < -0.4 is 5.73 Å². The summed E-state index contributed by atoms with van der Waals surface area (Å²) in [4.78, 5) is 6.59. The van der Waals surface area contributed by atoms with Crippen molar-refractivity contribution >= 4 is 10.8 Å². The van der Waals surface area contributed by atoms with Gasteiger partial charge in [-0.25, -0.2) is 0 Å². The fourth-order valence-electron chi connectivity index (χ4n) is 9.80. The number of aromatic nitrogens is 1. The van der Waals surface area contributed by atoms with Crippen molar-refractivity contribution in [2.45, 2.75) is 93.0 Å². The molecule has 10 atom stereocenters. The second-order valence-electron chi connectivity index (χ2n) is 13.5. The van der Waals surface area contributed by atoms with E-state index in [-0.39, 0.29) is 29.3 Å². The Kier molecular flexibility index (Phi) is 5.19. The Hall–Kier alpha value is -2.13. The number of pyridine rings is 1. The summed E-state index contributed by atoms with van der Waals surface area (Å²) in [6, 6.07) is 8.51. The number of nitrogens with zero attached hydrogens (tertiary/aromatic N) is 2. The summed E-state index contributed by atoms with van der Waals surface area (Å²) in [5.74, 6) is 0.164. The van der Waals surface area contributed by atoms with Gasteiger partial charge >= 0.3 is 0 Å². The van der Waals surface area contributed by atoms with Gasteiger partial charge in [0.15, 0.2) is 0 Å². The summed E-state index contributed by atoms with van der Waals surface area (Å²) < 4.78 is 7.31. The molecule has 7 heteroatoms. The van der Waals surface area contributed by atoms with Gasteiger partial charge in [-0.2, -0.15) is 0 Å². The first kappa shape index (κ1) is 24.6. The van der Waals surface area contributed by atoms with E-state index in [9.17, 15) is 15.3 Å². The molecular weight excluding hydrogens is 490 g/mol. The van der Waals surface area contributed by atoms with Gasteiger partial charge in [0.1, 0.15) is 6.10 Å². The molecule has 2 bridgehead atoms. The Balaban J connectivity index is 1.18. The van der Waals surface area contributed by atoms with Crippen molar-refractivity contribution < 1.29 is 20.1 Å². The predicted molar refractivity (Wildman–Crippen MR) is 148 cm³/mol. The fraction of sp³-hybridized carbons (Fsp3) is 0.594. The van der Waals surface area contributed by atoms with Gasteiger partial charge in [0.05, 0.1) is 23.4 Å². The number of ether oxygens (including phenoxy) is 1. The van der Waals surface area contributed by atoms with Crippen LogP contribution in [0.5, 0.6) is 0 Å². The van der Waals surface area contributed by atoms with Crippen LogP contribution in [-0.4, -0.2) is 79.9 Å². The Morgan fingerprint density at radius 3 is 2.82 bits per heavy atom. The second-order valence-corrected chi connectivity index (χ2v) is 13.5. The molecule has 0 amide bonds. The summed E-state index contributed by atoms with van der Waals surface area (Å²) in [6.07, 6.45) is 10.8. The standard InChI is InChI=1S/C32H39N3O4/c1-30-7-4-21-13-23-28(37)29(38)24(35-11-6-22(33)17-35)15-31(23)8-9-32(21,39-31)26(30)14-25(36)27(30)19-3-2-18-5-10-34-16-20(18)12-19/h2-5,10,12-13,16,22,24-29,36-38H,6-9,11,14-15,17,33H2,1H3/t22-,24+,25-,26-,27?,28-,29-,30+,31-,32?/m1/s1. The molecule has 0 radical (unpaired) electrons. The fourth-order valence-corrected chi connectivity index (χ4v) is 9.80. The summed E-state index contributed by atoms with van der Waals surface area (Å²) >= 11 is 0. The van der Waals surface area contributed by atoms with Gasteiger partial charge in [-0.15, -0.1) is 0 Å². The zero-order valence-electron chi connectivity index (χ0n) is 22.5. The molecule has 206 valence electrons. The minimum atomic E-state index is -0.945. The van der Waals surface area contributed by atoms with Crippen LogP contribution in [0.25, 0.3) is 10.8 Å². The number of nitrogens with two attached hydrogens (primary N) is 1. The Labute approximate surface area is 229 Å². The number of allylic oxidation sites excluding steroid dienone is 1. The number of fused-ring (bicyclic) bond motifs is 2. The van der Waals surface area contributed by atoms with Gasteiger partial charge in [-0.3, -0.25) is 9.88 Å². The first-order chi connectivity index (χ1) is 18.7. The third kappa shape index (κ3) is 3.23. The molecule has 4 fully saturated rings. The molecule has 2 spiro atoms.